The van der Waals surface area contributed by atoms with E-state index in [1.165, 1.54) is 0 Å². The van der Waals surface area contributed by atoms with E-state index in [1.807, 2.05) is 42.5 Å². The topological polar surface area (TPSA) is 41.6 Å². The second-order valence-corrected chi connectivity index (χ2v) is 4.41. The van der Waals surface area contributed by atoms with E-state index in [2.05, 4.69) is 27.2 Å². The van der Waals surface area contributed by atoms with Gasteiger partial charge in [-0.25, -0.2) is 4.98 Å². The number of nitrogens with zero attached hydrogens (tertiary/aromatic N) is 2. The second-order valence-electron chi connectivity index (χ2n) is 4.41. The number of fused-ring (bicyclic) bond motifs is 2. The van der Waals surface area contributed by atoms with Crippen molar-refractivity contribution in [1.29, 1.82) is 0 Å². The van der Waals surface area contributed by atoms with Crippen LogP contribution in [0.15, 0.2) is 54.7 Å². The Morgan fingerprint density at radius 2 is 1.68 bits per heavy atom. The van der Waals surface area contributed by atoms with Gasteiger partial charge in [0.15, 0.2) is 0 Å². The molecule has 0 atom stereocenters. The van der Waals surface area contributed by atoms with Crippen LogP contribution in [0.1, 0.15) is 0 Å². The van der Waals surface area contributed by atoms with Gasteiger partial charge in [0.2, 0.25) is 0 Å². The fourth-order valence-corrected chi connectivity index (χ4v) is 2.29. The summed E-state index contributed by atoms with van der Waals surface area (Å²) in [6.45, 7) is 0. The Labute approximate surface area is 110 Å². The highest BCUT2D eigenvalue weighted by Crippen LogP contribution is 2.26. The lowest BCUT2D eigenvalue weighted by Crippen LogP contribution is -1.87. The summed E-state index contributed by atoms with van der Waals surface area (Å²) in [5, 5.41) is 1.12. The first-order valence-electron chi connectivity index (χ1n) is 6.12. The summed E-state index contributed by atoms with van der Waals surface area (Å²) in [7, 11) is 0. The summed E-state index contributed by atoms with van der Waals surface area (Å²) >= 11 is 0. The summed E-state index contributed by atoms with van der Waals surface area (Å²) in [6.07, 6.45) is 4.97. The highest BCUT2D eigenvalue weighted by molar-refractivity contribution is 5.94. The number of para-hydroxylation sites is 3. The minimum atomic E-state index is 0.844. The Bertz CT molecular complexity index is 877. The summed E-state index contributed by atoms with van der Waals surface area (Å²) in [5.74, 6) is 0. The third kappa shape index (κ3) is 1.59. The van der Waals surface area contributed by atoms with E-state index >= 15 is 0 Å². The number of hydrogen-bond donors (Lipinski definition) is 1. The molecule has 2 heterocycles. The molecule has 0 fully saturated rings. The molecule has 0 aliphatic heterocycles. The second kappa shape index (κ2) is 3.92. The maximum Gasteiger partial charge on any atom is 0.0921 e. The van der Waals surface area contributed by atoms with Crippen molar-refractivity contribution in [2.75, 3.05) is 0 Å². The highest BCUT2D eigenvalue weighted by Gasteiger charge is 2.08. The third-order valence-electron chi connectivity index (χ3n) is 3.22. The van der Waals surface area contributed by atoms with Crippen molar-refractivity contribution in [3.05, 3.63) is 60.9 Å². The van der Waals surface area contributed by atoms with Crippen LogP contribution in [0, 0.1) is 6.20 Å². The number of rotatable bonds is 1. The molecule has 0 saturated carbocycles. The van der Waals surface area contributed by atoms with Gasteiger partial charge in [-0.05, 0) is 18.2 Å². The van der Waals surface area contributed by atoms with Crippen LogP contribution in [0.4, 0.5) is 0 Å². The number of H-pyrrole nitrogens is 1. The molecule has 4 rings (SSSR count). The first kappa shape index (κ1) is 10.3. The van der Waals surface area contributed by atoms with Crippen LogP contribution in [0.3, 0.4) is 0 Å². The van der Waals surface area contributed by atoms with Crippen LogP contribution in [0.5, 0.6) is 0 Å². The van der Waals surface area contributed by atoms with Gasteiger partial charge < -0.3 is 4.98 Å². The van der Waals surface area contributed by atoms with E-state index in [1.54, 1.807) is 6.20 Å². The molecule has 4 aromatic rings. The lowest BCUT2D eigenvalue weighted by molar-refractivity contribution is 1.29. The molecular weight excluding hydrogens is 234 g/mol. The molecule has 3 heteroatoms. The molecule has 0 aliphatic carbocycles. The smallest absolute Gasteiger partial charge is 0.0921 e. The van der Waals surface area contributed by atoms with Gasteiger partial charge in [-0.15, -0.1) is 0 Å². The fourth-order valence-electron chi connectivity index (χ4n) is 2.29. The van der Waals surface area contributed by atoms with Gasteiger partial charge in [-0.3, -0.25) is 4.98 Å². The Balaban J connectivity index is 1.99. The molecule has 0 saturated heterocycles. The lowest BCUT2D eigenvalue weighted by Gasteiger charge is -2.00. The maximum absolute atomic E-state index is 4.65. The minimum Gasteiger partial charge on any atom is -0.353 e. The van der Waals surface area contributed by atoms with Crippen LogP contribution < -0.4 is 0 Å². The summed E-state index contributed by atoms with van der Waals surface area (Å²) in [6, 6.07) is 16.0. The predicted octanol–water partition coefficient (Wildman–Crippen LogP) is 3.58. The number of hydrogen-bond acceptors (Lipinski definition) is 2. The molecule has 0 unspecified atom stereocenters. The molecule has 0 spiro atoms. The Kier molecular flexibility index (Phi) is 2.12. The average Bonchev–Trinajstić information content (AvgIpc) is 2.91. The van der Waals surface area contributed by atoms with Gasteiger partial charge in [0.05, 0.1) is 29.1 Å². The number of benzene rings is 2. The zero-order chi connectivity index (χ0) is 12.7. The molecule has 2 aromatic carbocycles. The summed E-state index contributed by atoms with van der Waals surface area (Å²) in [5.41, 5.74) is 4.68. The van der Waals surface area contributed by atoms with Crippen molar-refractivity contribution >= 4 is 21.9 Å². The Morgan fingerprint density at radius 3 is 2.63 bits per heavy atom. The van der Waals surface area contributed by atoms with E-state index < -0.39 is 0 Å². The normalized spacial score (nSPS) is 11.2. The lowest BCUT2D eigenvalue weighted by atomic mass is 10.1. The SMILES string of the molecule is [c]1[nH]c2ccccc2c1-c1cnc2ccccc2n1. The molecule has 19 heavy (non-hydrogen) atoms. The van der Waals surface area contributed by atoms with E-state index in [4.69, 9.17) is 0 Å². The fraction of sp³-hybridized carbons (Fsp3) is 0. The molecule has 0 bridgehead atoms. The van der Waals surface area contributed by atoms with Crippen molar-refractivity contribution in [2.24, 2.45) is 0 Å². The van der Waals surface area contributed by atoms with Gasteiger partial charge in [0.25, 0.3) is 0 Å². The maximum atomic E-state index is 4.65. The predicted molar refractivity (Wildman–Crippen MR) is 75.7 cm³/mol. The molecule has 89 valence electrons. The van der Waals surface area contributed by atoms with Crippen molar-refractivity contribution in [1.82, 2.24) is 15.0 Å². The summed E-state index contributed by atoms with van der Waals surface area (Å²) < 4.78 is 0. The van der Waals surface area contributed by atoms with Crippen LogP contribution >= 0.6 is 0 Å². The van der Waals surface area contributed by atoms with Crippen LogP contribution in [0.2, 0.25) is 0 Å². The van der Waals surface area contributed by atoms with Crippen molar-refractivity contribution in [2.45, 2.75) is 0 Å². The molecular formula is C16H10N3. The first-order valence-corrected chi connectivity index (χ1v) is 6.12. The Morgan fingerprint density at radius 1 is 0.895 bits per heavy atom. The number of aromatic amines is 1. The van der Waals surface area contributed by atoms with E-state index in [-0.39, 0.29) is 0 Å². The van der Waals surface area contributed by atoms with Crippen LogP contribution in [0.25, 0.3) is 33.2 Å². The Hall–Kier alpha value is -2.68. The molecule has 3 nitrogen and oxygen atoms in total. The molecule has 0 aliphatic rings. The third-order valence-corrected chi connectivity index (χ3v) is 3.22. The molecule has 2 aromatic heterocycles. The minimum absolute atomic E-state index is 0.844. The standard InChI is InChI=1S/C16H10N3/c1-2-6-13-11(5-1)12(9-17-13)16-10-18-14-7-3-4-8-15(14)19-16/h1-8,10,17H. The highest BCUT2D eigenvalue weighted by atomic mass is 14.8. The number of aromatic nitrogens is 3. The monoisotopic (exact) mass is 244 g/mol. The van der Waals surface area contributed by atoms with Gasteiger partial charge in [-0.1, -0.05) is 30.3 Å². The quantitative estimate of drug-likeness (QED) is 0.556. The largest absolute Gasteiger partial charge is 0.353 e. The van der Waals surface area contributed by atoms with Gasteiger partial charge in [0.1, 0.15) is 0 Å². The van der Waals surface area contributed by atoms with Crippen LogP contribution in [-0.2, 0) is 0 Å². The number of nitrogens with one attached hydrogen (secondary N) is 1. The zero-order valence-electron chi connectivity index (χ0n) is 10.1. The van der Waals surface area contributed by atoms with Crippen LogP contribution in [-0.4, -0.2) is 15.0 Å². The molecule has 1 radical (unpaired) electrons. The molecule has 1 N–H and O–H groups in total. The van der Waals surface area contributed by atoms with Gasteiger partial charge >= 0.3 is 0 Å². The average molecular weight is 244 g/mol. The van der Waals surface area contributed by atoms with Crippen molar-refractivity contribution in [3.8, 4) is 11.3 Å². The van der Waals surface area contributed by atoms with E-state index in [9.17, 15) is 0 Å². The van der Waals surface area contributed by atoms with Gasteiger partial charge in [-0.2, -0.15) is 0 Å². The van der Waals surface area contributed by atoms with Gasteiger partial charge in [0, 0.05) is 16.5 Å². The van der Waals surface area contributed by atoms with Crippen molar-refractivity contribution < 1.29 is 0 Å². The van der Waals surface area contributed by atoms with E-state index in [0.29, 0.717) is 0 Å². The first-order chi connectivity index (χ1) is 9.42. The molecule has 0 amide bonds. The van der Waals surface area contributed by atoms with E-state index in [0.717, 1.165) is 33.2 Å². The van der Waals surface area contributed by atoms with Crippen molar-refractivity contribution in [3.63, 3.8) is 0 Å². The zero-order valence-corrected chi connectivity index (χ0v) is 10.1. The summed E-state index contributed by atoms with van der Waals surface area (Å²) in [4.78, 5) is 12.2.